The molecule has 0 aromatic heterocycles. The molecule has 0 bridgehead atoms. The summed E-state index contributed by atoms with van der Waals surface area (Å²) in [7, 11) is 0. The van der Waals surface area contributed by atoms with Crippen molar-refractivity contribution in [1.29, 1.82) is 0 Å². The third-order valence-corrected chi connectivity index (χ3v) is 3.02. The number of hydrogen-bond acceptors (Lipinski definition) is 2. The number of amides is 1. The minimum Gasteiger partial charge on any atom is -0.369 e. The molecule has 0 atom stereocenters. The zero-order valence-corrected chi connectivity index (χ0v) is 12.1. The number of benzene rings is 1. The Morgan fingerprint density at radius 2 is 1.61 bits per heavy atom. The maximum atomic E-state index is 13.0. The summed E-state index contributed by atoms with van der Waals surface area (Å²) in [6.07, 6.45) is -12.1. The molecule has 1 amide bonds. The van der Waals surface area contributed by atoms with E-state index in [1.165, 1.54) is 19.9 Å². The molecule has 0 saturated carbocycles. The lowest BCUT2D eigenvalue weighted by atomic mass is 9.89. The second-order valence-electron chi connectivity index (χ2n) is 4.99. The molecule has 0 aliphatic carbocycles. The van der Waals surface area contributed by atoms with Gasteiger partial charge in [0, 0.05) is 16.8 Å². The van der Waals surface area contributed by atoms with E-state index in [2.05, 4.69) is 6.58 Å². The molecule has 0 spiro atoms. The third-order valence-electron chi connectivity index (χ3n) is 3.02. The molecule has 0 aliphatic rings. The van der Waals surface area contributed by atoms with Crippen LogP contribution < -0.4 is 5.32 Å². The molecule has 1 aromatic rings. The van der Waals surface area contributed by atoms with Gasteiger partial charge in [-0.3, -0.25) is 4.79 Å². The van der Waals surface area contributed by atoms with E-state index < -0.39 is 35.1 Å². The second kappa shape index (κ2) is 5.88. The molecular weight excluding hydrogens is 328 g/mol. The highest BCUT2D eigenvalue weighted by molar-refractivity contribution is 6.03. The van der Waals surface area contributed by atoms with E-state index >= 15 is 0 Å². The first kappa shape index (κ1) is 19.0. The van der Waals surface area contributed by atoms with Crippen molar-refractivity contribution in [3.05, 3.63) is 41.5 Å². The van der Waals surface area contributed by atoms with E-state index in [-0.39, 0.29) is 11.1 Å². The van der Waals surface area contributed by atoms with Crippen molar-refractivity contribution < 1.29 is 36.2 Å². The summed E-state index contributed by atoms with van der Waals surface area (Å²) in [4.78, 5) is 11.5. The van der Waals surface area contributed by atoms with Crippen LogP contribution in [0.15, 0.2) is 30.4 Å². The van der Waals surface area contributed by atoms with Crippen LogP contribution >= 0.6 is 0 Å². The summed E-state index contributed by atoms with van der Waals surface area (Å²) < 4.78 is 78.0. The summed E-state index contributed by atoms with van der Waals surface area (Å²) in [5, 5.41) is 11.4. The summed E-state index contributed by atoms with van der Waals surface area (Å²) in [5.41, 5.74) is -7.52. The Labute approximate surface area is 127 Å². The number of alkyl halides is 6. The number of carbonyl (C=O) groups is 1. The zero-order chi connectivity index (χ0) is 18.2. The van der Waals surface area contributed by atoms with Gasteiger partial charge < -0.3 is 10.4 Å². The summed E-state index contributed by atoms with van der Waals surface area (Å²) >= 11 is 0. The Bertz CT molecular complexity index is 619. The first-order valence-electron chi connectivity index (χ1n) is 6.15. The minimum absolute atomic E-state index is 0.0419. The van der Waals surface area contributed by atoms with Crippen LogP contribution in [0.25, 0.3) is 0 Å². The lowest BCUT2D eigenvalue weighted by Crippen LogP contribution is -2.54. The van der Waals surface area contributed by atoms with E-state index in [1.54, 1.807) is 0 Å². The molecule has 3 nitrogen and oxygen atoms in total. The predicted octanol–water partition coefficient (Wildman–Crippen LogP) is 3.82. The lowest BCUT2D eigenvalue weighted by Gasteiger charge is -2.34. The molecule has 23 heavy (non-hydrogen) atoms. The topological polar surface area (TPSA) is 49.3 Å². The van der Waals surface area contributed by atoms with Gasteiger partial charge in [-0.05, 0) is 19.9 Å². The second-order valence-corrected chi connectivity index (χ2v) is 4.99. The van der Waals surface area contributed by atoms with Crippen molar-refractivity contribution in [2.45, 2.75) is 31.8 Å². The van der Waals surface area contributed by atoms with Crippen LogP contribution in [0.3, 0.4) is 0 Å². The molecule has 0 heterocycles. The number of hydrogen-bond donors (Lipinski definition) is 2. The number of aryl methyl sites for hydroxylation is 1. The van der Waals surface area contributed by atoms with Gasteiger partial charge in [-0.2, -0.15) is 26.3 Å². The first-order chi connectivity index (χ1) is 10.2. The molecule has 9 heteroatoms. The molecule has 0 fully saturated rings. The van der Waals surface area contributed by atoms with E-state index in [0.29, 0.717) is 6.07 Å². The van der Waals surface area contributed by atoms with Crippen LogP contribution in [0.4, 0.5) is 32.0 Å². The SMILES string of the molecule is C=C(C)C(=O)Nc1ccc(C)cc1C(O)(C(F)(F)F)C(F)(F)F. The molecular formula is C14H13F6NO2. The fourth-order valence-electron chi connectivity index (χ4n) is 1.76. The largest absolute Gasteiger partial charge is 0.430 e. The molecule has 0 unspecified atom stereocenters. The average molecular weight is 341 g/mol. The van der Waals surface area contributed by atoms with Gasteiger partial charge in [0.1, 0.15) is 0 Å². The Balaban J connectivity index is 3.64. The summed E-state index contributed by atoms with van der Waals surface area (Å²) in [6.45, 7) is 5.72. The monoisotopic (exact) mass is 341 g/mol. The van der Waals surface area contributed by atoms with Crippen LogP contribution in [0.5, 0.6) is 0 Å². The summed E-state index contributed by atoms with van der Waals surface area (Å²) in [6, 6.07) is 2.58. The highest BCUT2D eigenvalue weighted by Gasteiger charge is 2.72. The maximum Gasteiger partial charge on any atom is 0.430 e. The Morgan fingerprint density at radius 1 is 1.13 bits per heavy atom. The Morgan fingerprint density at radius 3 is 2.00 bits per heavy atom. The standard InChI is InChI=1S/C14H13F6NO2/c1-7(2)11(22)21-10-5-4-8(3)6-9(10)12(23,13(15,16)17)14(18,19)20/h4-6,23H,1H2,2-3H3,(H,21,22). The fraction of sp³-hybridized carbons (Fsp3) is 0.357. The molecule has 0 saturated heterocycles. The lowest BCUT2D eigenvalue weighted by molar-refractivity contribution is -0.376. The highest BCUT2D eigenvalue weighted by Crippen LogP contribution is 2.52. The van der Waals surface area contributed by atoms with Gasteiger partial charge >= 0.3 is 12.4 Å². The van der Waals surface area contributed by atoms with Crippen LogP contribution in [0.1, 0.15) is 18.1 Å². The van der Waals surface area contributed by atoms with Crippen molar-refractivity contribution in [3.63, 3.8) is 0 Å². The number of aliphatic hydroxyl groups is 1. The molecule has 1 rings (SSSR count). The Hall–Kier alpha value is -2.03. The quantitative estimate of drug-likeness (QED) is 0.649. The Kier molecular flexibility index (Phi) is 4.86. The van der Waals surface area contributed by atoms with Gasteiger partial charge in [0.05, 0.1) is 0 Å². The smallest absolute Gasteiger partial charge is 0.369 e. The van der Waals surface area contributed by atoms with E-state index in [1.807, 2.05) is 5.32 Å². The molecule has 1 aromatic carbocycles. The zero-order valence-electron chi connectivity index (χ0n) is 12.1. The van der Waals surface area contributed by atoms with Crippen LogP contribution in [0, 0.1) is 6.92 Å². The van der Waals surface area contributed by atoms with Crippen LogP contribution in [-0.2, 0) is 10.4 Å². The van der Waals surface area contributed by atoms with Gasteiger partial charge in [0.15, 0.2) is 0 Å². The van der Waals surface area contributed by atoms with E-state index in [9.17, 15) is 36.2 Å². The normalized spacial score (nSPS) is 12.9. The van der Waals surface area contributed by atoms with Gasteiger partial charge in [-0.15, -0.1) is 0 Å². The maximum absolute atomic E-state index is 13.0. The van der Waals surface area contributed by atoms with Crippen molar-refractivity contribution in [2.75, 3.05) is 5.32 Å². The molecule has 0 aliphatic heterocycles. The minimum atomic E-state index is -6.04. The van der Waals surface area contributed by atoms with Crippen molar-refractivity contribution >= 4 is 11.6 Å². The number of anilines is 1. The first-order valence-corrected chi connectivity index (χ1v) is 6.15. The molecule has 2 N–H and O–H groups in total. The van der Waals surface area contributed by atoms with E-state index in [0.717, 1.165) is 6.07 Å². The van der Waals surface area contributed by atoms with Crippen LogP contribution in [0.2, 0.25) is 0 Å². The summed E-state index contributed by atoms with van der Waals surface area (Å²) in [5.74, 6) is -0.971. The average Bonchev–Trinajstić information content (AvgIpc) is 2.36. The number of halogens is 6. The highest BCUT2D eigenvalue weighted by atomic mass is 19.4. The third kappa shape index (κ3) is 3.49. The fourth-order valence-corrected chi connectivity index (χ4v) is 1.76. The van der Waals surface area contributed by atoms with Crippen molar-refractivity contribution in [3.8, 4) is 0 Å². The molecule has 0 radical (unpaired) electrons. The van der Waals surface area contributed by atoms with Gasteiger partial charge in [-0.25, -0.2) is 0 Å². The van der Waals surface area contributed by atoms with Gasteiger partial charge in [-0.1, -0.05) is 24.3 Å². The van der Waals surface area contributed by atoms with Crippen LogP contribution in [-0.4, -0.2) is 23.4 Å². The number of rotatable bonds is 3. The van der Waals surface area contributed by atoms with Crippen molar-refractivity contribution in [1.82, 2.24) is 0 Å². The predicted molar refractivity (Wildman–Crippen MR) is 70.6 cm³/mol. The van der Waals surface area contributed by atoms with E-state index in [4.69, 9.17) is 0 Å². The van der Waals surface area contributed by atoms with Crippen molar-refractivity contribution in [2.24, 2.45) is 0 Å². The number of nitrogens with one attached hydrogen (secondary N) is 1. The molecule has 128 valence electrons. The number of carbonyl (C=O) groups excluding carboxylic acids is 1. The van der Waals surface area contributed by atoms with Gasteiger partial charge in [0.2, 0.25) is 0 Å². The van der Waals surface area contributed by atoms with Gasteiger partial charge in [0.25, 0.3) is 11.5 Å².